The lowest BCUT2D eigenvalue weighted by Gasteiger charge is -2.28. The van der Waals surface area contributed by atoms with Crippen molar-refractivity contribution < 1.29 is 39.3 Å². The second-order valence-electron chi connectivity index (χ2n) is 7.32. The fraction of sp³-hybridized carbons (Fsp3) is 0.556. The van der Waals surface area contributed by atoms with Gasteiger partial charge in [-0.1, -0.05) is 0 Å². The summed E-state index contributed by atoms with van der Waals surface area (Å²) in [6.45, 7) is -0.664. The Morgan fingerprint density at radius 2 is 1.94 bits per heavy atom. The Morgan fingerprint density at radius 3 is 2.50 bits per heavy atom. The highest BCUT2D eigenvalue weighted by molar-refractivity contribution is 5.95. The predicted octanol–water partition coefficient (Wildman–Crippen LogP) is -3.21. The molecule has 8 N–H and O–H groups in total. The Bertz CT molecular complexity index is 845. The first-order valence-electron chi connectivity index (χ1n) is 9.83. The van der Waals surface area contributed by atoms with Crippen molar-refractivity contribution in [3.05, 3.63) is 18.2 Å². The minimum Gasteiger partial charge on any atom is -0.481 e. The van der Waals surface area contributed by atoms with Crippen molar-refractivity contribution in [1.29, 1.82) is 0 Å². The van der Waals surface area contributed by atoms with Crippen molar-refractivity contribution in [2.24, 2.45) is 5.73 Å². The number of aromatic amines is 1. The second-order valence-corrected chi connectivity index (χ2v) is 7.32. The van der Waals surface area contributed by atoms with Crippen LogP contribution in [0, 0.1) is 0 Å². The molecule has 14 nitrogen and oxygen atoms in total. The number of nitrogens with two attached hydrogens (primary N) is 1. The van der Waals surface area contributed by atoms with E-state index in [1.807, 2.05) is 5.32 Å². The van der Waals surface area contributed by atoms with Gasteiger partial charge in [0.05, 0.1) is 25.4 Å². The van der Waals surface area contributed by atoms with E-state index >= 15 is 0 Å². The molecule has 1 fully saturated rings. The minimum absolute atomic E-state index is 0.172. The number of aliphatic carboxylic acids is 2. The first-order chi connectivity index (χ1) is 15.1. The molecule has 32 heavy (non-hydrogen) atoms. The molecule has 1 aliphatic heterocycles. The van der Waals surface area contributed by atoms with Crippen LogP contribution in [0.25, 0.3) is 0 Å². The quantitative estimate of drug-likeness (QED) is 0.177. The van der Waals surface area contributed by atoms with Gasteiger partial charge < -0.3 is 41.6 Å². The minimum atomic E-state index is -1.67. The number of H-pyrrole nitrogens is 1. The molecule has 2 heterocycles. The smallest absolute Gasteiger partial charge is 0.328 e. The summed E-state index contributed by atoms with van der Waals surface area (Å²) in [5.41, 5.74) is 6.61. The lowest BCUT2D eigenvalue weighted by atomic mass is 10.1. The number of aliphatic hydroxyl groups excluding tert-OH is 1. The molecule has 2 rings (SSSR count). The highest BCUT2D eigenvalue weighted by Gasteiger charge is 2.38. The largest absolute Gasteiger partial charge is 0.481 e. The van der Waals surface area contributed by atoms with Crippen molar-refractivity contribution in [3.8, 4) is 0 Å². The number of hydrogen-bond donors (Lipinski definition) is 7. The fourth-order valence-corrected chi connectivity index (χ4v) is 3.35. The van der Waals surface area contributed by atoms with Gasteiger partial charge in [-0.05, 0) is 12.8 Å². The Labute approximate surface area is 182 Å². The predicted molar refractivity (Wildman–Crippen MR) is 106 cm³/mol. The number of carbonyl (C=O) groups is 5. The Kier molecular flexibility index (Phi) is 8.66. The van der Waals surface area contributed by atoms with E-state index in [-0.39, 0.29) is 19.4 Å². The SMILES string of the molecule is NC(Cc1cnc[nH]1)C(=O)N1CCCC1C(=O)NC(CC(=O)O)C(=O)NC(CO)C(=O)O. The van der Waals surface area contributed by atoms with Gasteiger partial charge in [0, 0.05) is 24.9 Å². The van der Waals surface area contributed by atoms with Crippen LogP contribution in [0.15, 0.2) is 12.5 Å². The molecule has 1 saturated heterocycles. The van der Waals surface area contributed by atoms with Crippen molar-refractivity contribution >= 4 is 29.7 Å². The first-order valence-corrected chi connectivity index (χ1v) is 9.83. The topological polar surface area (TPSA) is 228 Å². The van der Waals surface area contributed by atoms with E-state index < -0.39 is 66.9 Å². The maximum absolute atomic E-state index is 12.8. The van der Waals surface area contributed by atoms with Crippen LogP contribution >= 0.6 is 0 Å². The Balaban J connectivity index is 2.06. The maximum Gasteiger partial charge on any atom is 0.328 e. The van der Waals surface area contributed by atoms with Gasteiger partial charge in [-0.25, -0.2) is 9.78 Å². The highest BCUT2D eigenvalue weighted by atomic mass is 16.4. The lowest BCUT2D eigenvalue weighted by molar-refractivity contribution is -0.145. The average molecular weight is 454 g/mol. The maximum atomic E-state index is 12.8. The summed E-state index contributed by atoms with van der Waals surface area (Å²) in [6.07, 6.45) is 3.10. The summed E-state index contributed by atoms with van der Waals surface area (Å²) < 4.78 is 0. The number of nitrogens with one attached hydrogen (secondary N) is 3. The molecule has 1 aliphatic rings. The van der Waals surface area contributed by atoms with Crippen LogP contribution in [0.1, 0.15) is 25.0 Å². The number of imidazole rings is 1. The van der Waals surface area contributed by atoms with Crippen LogP contribution in [0.2, 0.25) is 0 Å². The molecule has 0 aliphatic carbocycles. The number of hydrogen-bond acceptors (Lipinski definition) is 8. The summed E-state index contributed by atoms with van der Waals surface area (Å²) in [7, 11) is 0. The van der Waals surface area contributed by atoms with Crippen molar-refractivity contribution in [2.75, 3.05) is 13.2 Å². The van der Waals surface area contributed by atoms with Gasteiger partial charge in [0.15, 0.2) is 0 Å². The van der Waals surface area contributed by atoms with E-state index in [1.165, 1.54) is 17.4 Å². The van der Waals surface area contributed by atoms with Crippen LogP contribution in [0.5, 0.6) is 0 Å². The average Bonchev–Trinajstić information content (AvgIpc) is 3.42. The standard InChI is InChI=1S/C18H26N6O8/c19-10(4-9-6-20-8-21-9)17(30)24-3-1-2-13(24)16(29)22-11(5-14(26)27)15(28)23-12(7-25)18(31)32/h6,8,10-13,25H,1-5,7,19H2,(H,20,21)(H,22,29)(H,23,28)(H,26,27)(H,31,32). The van der Waals surface area contributed by atoms with Crippen LogP contribution in [-0.4, -0.2) is 97.2 Å². The zero-order valence-corrected chi connectivity index (χ0v) is 17.1. The monoisotopic (exact) mass is 454 g/mol. The van der Waals surface area contributed by atoms with E-state index in [1.54, 1.807) is 0 Å². The normalized spacial score (nSPS) is 18.4. The molecular formula is C18H26N6O8. The van der Waals surface area contributed by atoms with E-state index in [0.717, 1.165) is 0 Å². The highest BCUT2D eigenvalue weighted by Crippen LogP contribution is 2.19. The van der Waals surface area contributed by atoms with E-state index in [9.17, 15) is 24.0 Å². The first kappa shape index (κ1) is 24.7. The summed E-state index contributed by atoms with van der Waals surface area (Å²) in [4.78, 5) is 68.0. The van der Waals surface area contributed by atoms with Gasteiger partial charge in [0.25, 0.3) is 0 Å². The van der Waals surface area contributed by atoms with Gasteiger partial charge >= 0.3 is 11.9 Å². The van der Waals surface area contributed by atoms with Crippen LogP contribution in [0.3, 0.4) is 0 Å². The number of rotatable bonds is 11. The number of carbonyl (C=O) groups excluding carboxylic acids is 3. The summed E-state index contributed by atoms with van der Waals surface area (Å²) >= 11 is 0. The molecule has 0 radical (unpaired) electrons. The van der Waals surface area contributed by atoms with Crippen molar-refractivity contribution in [3.63, 3.8) is 0 Å². The number of aromatic nitrogens is 2. The summed E-state index contributed by atoms with van der Waals surface area (Å²) in [5, 5.41) is 31.3. The molecule has 1 aromatic rings. The van der Waals surface area contributed by atoms with Gasteiger partial charge in [-0.2, -0.15) is 0 Å². The van der Waals surface area contributed by atoms with E-state index in [4.69, 9.17) is 21.1 Å². The Hall–Kier alpha value is -3.52. The molecule has 1 aromatic heterocycles. The van der Waals surface area contributed by atoms with Gasteiger partial charge in [0.1, 0.15) is 18.1 Å². The van der Waals surface area contributed by atoms with Crippen LogP contribution in [0.4, 0.5) is 0 Å². The molecule has 14 heteroatoms. The third-order valence-corrected chi connectivity index (χ3v) is 4.96. The molecule has 0 saturated carbocycles. The molecule has 4 unspecified atom stereocenters. The molecular weight excluding hydrogens is 428 g/mol. The zero-order valence-electron chi connectivity index (χ0n) is 17.1. The number of nitrogens with zero attached hydrogens (tertiary/aromatic N) is 2. The summed E-state index contributed by atoms with van der Waals surface area (Å²) in [6, 6.07) is -5.18. The fourth-order valence-electron chi connectivity index (χ4n) is 3.35. The lowest BCUT2D eigenvalue weighted by Crippen LogP contribution is -2.57. The molecule has 4 atom stereocenters. The summed E-state index contributed by atoms with van der Waals surface area (Å²) in [5.74, 6) is -5.28. The number of aliphatic hydroxyl groups is 1. The third-order valence-electron chi connectivity index (χ3n) is 4.96. The van der Waals surface area contributed by atoms with Crippen molar-refractivity contribution in [2.45, 2.75) is 49.9 Å². The van der Waals surface area contributed by atoms with Gasteiger partial charge in [-0.15, -0.1) is 0 Å². The van der Waals surface area contributed by atoms with E-state index in [2.05, 4.69) is 15.3 Å². The number of carboxylic acids is 2. The van der Waals surface area contributed by atoms with Gasteiger partial charge in [0.2, 0.25) is 17.7 Å². The molecule has 176 valence electrons. The molecule has 3 amide bonds. The molecule has 0 aromatic carbocycles. The molecule has 0 spiro atoms. The van der Waals surface area contributed by atoms with Crippen molar-refractivity contribution in [1.82, 2.24) is 25.5 Å². The van der Waals surface area contributed by atoms with E-state index in [0.29, 0.717) is 12.1 Å². The Morgan fingerprint density at radius 1 is 1.22 bits per heavy atom. The van der Waals surface area contributed by atoms with Crippen LogP contribution < -0.4 is 16.4 Å². The zero-order chi connectivity index (χ0) is 23.8. The number of amides is 3. The number of likely N-dealkylation sites (tertiary alicyclic amines) is 1. The molecule has 0 bridgehead atoms. The number of carboxylic acid groups (broad SMARTS) is 2. The second kappa shape index (κ2) is 11.2. The van der Waals surface area contributed by atoms with Gasteiger partial charge in [-0.3, -0.25) is 19.2 Å². The third kappa shape index (κ3) is 6.49. The van der Waals surface area contributed by atoms with Crippen LogP contribution in [-0.2, 0) is 30.4 Å².